The molecule has 0 atom stereocenters. The second-order valence-corrected chi connectivity index (χ2v) is 6.82. The number of aliphatic imine (C=N–C) groups is 1. The Kier molecular flexibility index (Phi) is 9.67. The fraction of sp³-hybridized carbons (Fsp3) is 0.600. The lowest BCUT2D eigenvalue weighted by atomic mass is 10.1. The fourth-order valence-electron chi connectivity index (χ4n) is 2.83. The summed E-state index contributed by atoms with van der Waals surface area (Å²) in [5.41, 5.74) is 0.798. The van der Waals surface area contributed by atoms with Crippen molar-refractivity contribution in [3.05, 3.63) is 35.1 Å². The van der Waals surface area contributed by atoms with Crippen LogP contribution >= 0.6 is 0 Å². The summed E-state index contributed by atoms with van der Waals surface area (Å²) in [5.74, 6) is 0.282. The van der Waals surface area contributed by atoms with E-state index in [1.165, 1.54) is 6.07 Å². The van der Waals surface area contributed by atoms with Gasteiger partial charge in [-0.15, -0.1) is 0 Å². The highest BCUT2D eigenvalue weighted by atomic mass is 19.1. The van der Waals surface area contributed by atoms with Crippen LogP contribution in [0.15, 0.2) is 23.2 Å². The molecule has 1 rings (SSSR count). The first-order chi connectivity index (χ1) is 12.4. The molecule has 0 bridgehead atoms. The zero-order valence-electron chi connectivity index (χ0n) is 16.6. The molecule has 144 valence electrons. The van der Waals surface area contributed by atoms with Crippen molar-refractivity contribution in [2.24, 2.45) is 4.99 Å². The molecule has 1 aromatic carbocycles. The van der Waals surface area contributed by atoms with E-state index in [1.807, 2.05) is 13.0 Å². The van der Waals surface area contributed by atoms with Gasteiger partial charge in [0, 0.05) is 37.3 Å². The number of nitriles is 1. The smallest absolute Gasteiger partial charge is 0.191 e. The van der Waals surface area contributed by atoms with Gasteiger partial charge in [0.2, 0.25) is 0 Å². The standard InChI is InChI=1S/C20H32FN5/c1-6-23-20(24-10-7-11-26(15(2)3)16(4)5)25-14-18-9-8-17(13-22)12-19(18)21/h8-9,12,15-16H,6-7,10-11,14H2,1-5H3,(H2,23,24,25). The van der Waals surface area contributed by atoms with Crippen LogP contribution in [0.2, 0.25) is 0 Å². The third-order valence-corrected chi connectivity index (χ3v) is 4.15. The van der Waals surface area contributed by atoms with Crippen LogP contribution in [0.4, 0.5) is 4.39 Å². The van der Waals surface area contributed by atoms with Crippen LogP contribution < -0.4 is 10.6 Å². The van der Waals surface area contributed by atoms with Crippen molar-refractivity contribution < 1.29 is 4.39 Å². The Labute approximate surface area is 157 Å². The van der Waals surface area contributed by atoms with Gasteiger partial charge in [0.05, 0.1) is 18.2 Å². The van der Waals surface area contributed by atoms with Crippen LogP contribution in [0.3, 0.4) is 0 Å². The van der Waals surface area contributed by atoms with Gasteiger partial charge >= 0.3 is 0 Å². The topological polar surface area (TPSA) is 63.5 Å². The average Bonchev–Trinajstić information content (AvgIpc) is 2.59. The molecular weight excluding hydrogens is 329 g/mol. The maximum absolute atomic E-state index is 14.0. The predicted octanol–water partition coefficient (Wildman–Crippen LogP) is 3.26. The van der Waals surface area contributed by atoms with Crippen molar-refractivity contribution in [3.8, 4) is 6.07 Å². The van der Waals surface area contributed by atoms with Gasteiger partial charge in [-0.2, -0.15) is 5.26 Å². The zero-order valence-corrected chi connectivity index (χ0v) is 16.6. The largest absolute Gasteiger partial charge is 0.357 e. The molecule has 0 aliphatic rings. The summed E-state index contributed by atoms with van der Waals surface area (Å²) in [5, 5.41) is 15.3. The van der Waals surface area contributed by atoms with Crippen molar-refractivity contribution >= 4 is 5.96 Å². The van der Waals surface area contributed by atoms with E-state index in [1.54, 1.807) is 12.1 Å². The van der Waals surface area contributed by atoms with Gasteiger partial charge in [-0.05, 0) is 53.2 Å². The Hall–Kier alpha value is -2.13. The van der Waals surface area contributed by atoms with Gasteiger partial charge in [-0.1, -0.05) is 6.07 Å². The Bertz CT molecular complexity index is 611. The minimum absolute atomic E-state index is 0.233. The van der Waals surface area contributed by atoms with Crippen LogP contribution in [-0.2, 0) is 6.54 Å². The van der Waals surface area contributed by atoms with Gasteiger partial charge in [0.25, 0.3) is 0 Å². The molecule has 0 radical (unpaired) electrons. The van der Waals surface area contributed by atoms with Gasteiger partial charge < -0.3 is 10.6 Å². The van der Waals surface area contributed by atoms with Crippen molar-refractivity contribution in [3.63, 3.8) is 0 Å². The molecular formula is C20H32FN5. The molecule has 0 aromatic heterocycles. The van der Waals surface area contributed by atoms with Gasteiger partial charge in [-0.3, -0.25) is 4.90 Å². The molecule has 0 fully saturated rings. The van der Waals surface area contributed by atoms with Crippen molar-refractivity contribution in [1.29, 1.82) is 5.26 Å². The third kappa shape index (κ3) is 7.40. The molecule has 5 nitrogen and oxygen atoms in total. The predicted molar refractivity (Wildman–Crippen MR) is 106 cm³/mol. The zero-order chi connectivity index (χ0) is 19.5. The minimum atomic E-state index is -0.395. The Balaban J connectivity index is 2.57. The molecule has 0 aliphatic carbocycles. The summed E-state index contributed by atoms with van der Waals surface area (Å²) in [6.07, 6.45) is 1.01. The molecule has 2 N–H and O–H groups in total. The van der Waals surface area contributed by atoms with Gasteiger partial charge in [0.1, 0.15) is 5.82 Å². The lowest BCUT2D eigenvalue weighted by Gasteiger charge is -2.30. The van der Waals surface area contributed by atoms with E-state index in [2.05, 4.69) is 48.2 Å². The number of nitrogens with one attached hydrogen (secondary N) is 2. The van der Waals surface area contributed by atoms with Crippen molar-refractivity contribution in [2.75, 3.05) is 19.6 Å². The molecule has 26 heavy (non-hydrogen) atoms. The molecule has 1 aromatic rings. The molecule has 6 heteroatoms. The van der Waals surface area contributed by atoms with E-state index in [0.717, 1.165) is 26.1 Å². The maximum atomic E-state index is 14.0. The fourth-order valence-corrected chi connectivity index (χ4v) is 2.83. The summed E-state index contributed by atoms with van der Waals surface area (Å²) in [4.78, 5) is 6.90. The first-order valence-corrected chi connectivity index (χ1v) is 9.35. The Morgan fingerprint density at radius 3 is 2.46 bits per heavy atom. The van der Waals surface area contributed by atoms with Crippen LogP contribution in [0.5, 0.6) is 0 Å². The van der Waals surface area contributed by atoms with E-state index < -0.39 is 5.82 Å². The SMILES string of the molecule is CCNC(=NCc1ccc(C#N)cc1F)NCCCN(C(C)C)C(C)C. The monoisotopic (exact) mass is 361 g/mol. The van der Waals surface area contributed by atoms with Crippen molar-refractivity contribution in [1.82, 2.24) is 15.5 Å². The second kappa shape index (κ2) is 11.5. The molecule has 0 spiro atoms. The summed E-state index contributed by atoms with van der Waals surface area (Å²) >= 11 is 0. The second-order valence-electron chi connectivity index (χ2n) is 6.82. The average molecular weight is 362 g/mol. The number of benzene rings is 1. The number of hydrogen-bond acceptors (Lipinski definition) is 3. The number of nitrogens with zero attached hydrogens (tertiary/aromatic N) is 3. The van der Waals surface area contributed by atoms with E-state index in [4.69, 9.17) is 5.26 Å². The van der Waals surface area contributed by atoms with E-state index in [-0.39, 0.29) is 6.54 Å². The lowest BCUT2D eigenvalue weighted by molar-refractivity contribution is 0.173. The van der Waals surface area contributed by atoms with Gasteiger partial charge in [0.15, 0.2) is 5.96 Å². The van der Waals surface area contributed by atoms with Gasteiger partial charge in [-0.25, -0.2) is 9.38 Å². The van der Waals surface area contributed by atoms with Crippen LogP contribution in [0, 0.1) is 17.1 Å². The normalized spacial score (nSPS) is 11.9. The molecule has 0 amide bonds. The molecule has 0 saturated carbocycles. The van der Waals surface area contributed by atoms with E-state index in [0.29, 0.717) is 29.2 Å². The summed E-state index contributed by atoms with van der Waals surface area (Å²) in [7, 11) is 0. The summed E-state index contributed by atoms with van der Waals surface area (Å²) < 4.78 is 14.0. The molecule has 0 heterocycles. The summed E-state index contributed by atoms with van der Waals surface area (Å²) in [6.45, 7) is 13.7. The van der Waals surface area contributed by atoms with E-state index in [9.17, 15) is 4.39 Å². The highest BCUT2D eigenvalue weighted by Crippen LogP contribution is 2.11. The first-order valence-electron chi connectivity index (χ1n) is 9.35. The Morgan fingerprint density at radius 2 is 1.92 bits per heavy atom. The highest BCUT2D eigenvalue weighted by Gasteiger charge is 2.12. The number of guanidine groups is 1. The summed E-state index contributed by atoms with van der Waals surface area (Å²) in [6, 6.07) is 7.46. The lowest BCUT2D eigenvalue weighted by Crippen LogP contribution is -2.41. The maximum Gasteiger partial charge on any atom is 0.191 e. The van der Waals surface area contributed by atoms with Crippen LogP contribution in [-0.4, -0.2) is 42.6 Å². The number of halogens is 1. The molecule has 0 saturated heterocycles. The quantitative estimate of drug-likeness (QED) is 0.403. The Morgan fingerprint density at radius 1 is 1.23 bits per heavy atom. The van der Waals surface area contributed by atoms with Crippen molar-refractivity contribution in [2.45, 2.75) is 59.7 Å². The van der Waals surface area contributed by atoms with E-state index >= 15 is 0 Å². The third-order valence-electron chi connectivity index (χ3n) is 4.15. The molecule has 0 aliphatic heterocycles. The molecule has 0 unspecified atom stereocenters. The highest BCUT2D eigenvalue weighted by molar-refractivity contribution is 5.79. The number of rotatable bonds is 9. The van der Waals surface area contributed by atoms with Crippen LogP contribution in [0.1, 0.15) is 52.2 Å². The minimum Gasteiger partial charge on any atom is -0.357 e. The number of hydrogen-bond donors (Lipinski definition) is 2. The van der Waals surface area contributed by atoms with Crippen LogP contribution in [0.25, 0.3) is 0 Å². The first kappa shape index (κ1) is 21.9.